The molecule has 0 spiro atoms. The second-order valence-corrected chi connectivity index (χ2v) is 6.15. The normalized spacial score (nSPS) is 10.8. The molecule has 0 bridgehead atoms. The summed E-state index contributed by atoms with van der Waals surface area (Å²) in [6, 6.07) is 17.7. The van der Waals surface area contributed by atoms with Gasteiger partial charge in [0.05, 0.1) is 13.2 Å². The Morgan fingerprint density at radius 3 is 2.42 bits per heavy atom. The van der Waals surface area contributed by atoms with Gasteiger partial charge in [-0.3, -0.25) is 4.57 Å². The number of nitrogens with zero attached hydrogens (tertiary/aromatic N) is 3. The van der Waals surface area contributed by atoms with Crippen LogP contribution in [0.1, 0.15) is 24.0 Å². The highest BCUT2D eigenvalue weighted by Gasteiger charge is 2.05. The largest absolute Gasteiger partial charge is 0.494 e. The minimum Gasteiger partial charge on any atom is -0.494 e. The maximum atomic E-state index is 12.4. The third-order valence-corrected chi connectivity index (χ3v) is 4.18. The van der Waals surface area contributed by atoms with E-state index in [0.29, 0.717) is 26.2 Å². The molecule has 2 aromatic carbocycles. The topological polar surface area (TPSA) is 75.1 Å². The molecule has 0 unspecified atom stereocenters. The second kappa shape index (κ2) is 9.01. The van der Waals surface area contributed by atoms with Crippen LogP contribution in [0, 0.1) is 0 Å². The molecule has 0 atom stereocenters. The standard InChI is InChI=1S/C20H24N4O2/c21-14-17-8-10-18(11-9-17)15-23-16-22-24(20(23)25)12-4-5-13-26-19-6-2-1-3-7-19/h1-3,6-11,16H,4-5,12-15,21H2. The Balaban J connectivity index is 1.46. The lowest BCUT2D eigenvalue weighted by atomic mass is 10.1. The maximum absolute atomic E-state index is 12.4. The fraction of sp³-hybridized carbons (Fsp3) is 0.300. The number of benzene rings is 2. The minimum absolute atomic E-state index is 0.0862. The Bertz CT molecular complexity index is 854. The second-order valence-electron chi connectivity index (χ2n) is 6.15. The molecule has 0 aliphatic carbocycles. The third-order valence-electron chi connectivity index (χ3n) is 4.18. The van der Waals surface area contributed by atoms with Crippen molar-refractivity contribution >= 4 is 0 Å². The molecule has 0 saturated carbocycles. The molecule has 0 fully saturated rings. The van der Waals surface area contributed by atoms with Crippen LogP contribution in [0.2, 0.25) is 0 Å². The first-order valence-electron chi connectivity index (χ1n) is 8.84. The molecule has 0 saturated heterocycles. The summed E-state index contributed by atoms with van der Waals surface area (Å²) in [6.45, 7) is 2.26. The van der Waals surface area contributed by atoms with Crippen LogP contribution in [0.25, 0.3) is 0 Å². The molecule has 6 nitrogen and oxygen atoms in total. The molecule has 1 heterocycles. The van der Waals surface area contributed by atoms with Crippen molar-refractivity contribution < 1.29 is 4.74 Å². The molecule has 0 aliphatic heterocycles. The number of para-hydroxylation sites is 1. The highest BCUT2D eigenvalue weighted by atomic mass is 16.5. The minimum atomic E-state index is -0.0862. The highest BCUT2D eigenvalue weighted by molar-refractivity contribution is 5.22. The molecule has 3 aromatic rings. The number of hydrogen-bond donors (Lipinski definition) is 1. The zero-order valence-corrected chi connectivity index (χ0v) is 14.8. The van der Waals surface area contributed by atoms with E-state index in [9.17, 15) is 4.79 Å². The zero-order valence-electron chi connectivity index (χ0n) is 14.8. The molecule has 0 amide bonds. The van der Waals surface area contributed by atoms with E-state index in [1.165, 1.54) is 4.68 Å². The van der Waals surface area contributed by atoms with Gasteiger partial charge in [0.25, 0.3) is 0 Å². The lowest BCUT2D eigenvalue weighted by Gasteiger charge is -2.05. The first kappa shape index (κ1) is 17.9. The summed E-state index contributed by atoms with van der Waals surface area (Å²) in [4.78, 5) is 12.4. The van der Waals surface area contributed by atoms with Gasteiger partial charge in [0, 0.05) is 13.1 Å². The van der Waals surface area contributed by atoms with Gasteiger partial charge in [-0.05, 0) is 36.1 Å². The molecule has 0 aliphatic rings. The van der Waals surface area contributed by atoms with E-state index in [-0.39, 0.29) is 5.69 Å². The Morgan fingerprint density at radius 1 is 0.962 bits per heavy atom. The van der Waals surface area contributed by atoms with Crippen LogP contribution in [0.3, 0.4) is 0 Å². The summed E-state index contributed by atoms with van der Waals surface area (Å²) < 4.78 is 8.79. The molecule has 6 heteroatoms. The fourth-order valence-corrected chi connectivity index (χ4v) is 2.68. The number of nitrogens with two attached hydrogens (primary N) is 1. The van der Waals surface area contributed by atoms with Gasteiger partial charge >= 0.3 is 5.69 Å². The van der Waals surface area contributed by atoms with Crippen LogP contribution in [0.4, 0.5) is 0 Å². The summed E-state index contributed by atoms with van der Waals surface area (Å²) in [6.07, 6.45) is 3.31. The van der Waals surface area contributed by atoms with Crippen molar-refractivity contribution in [1.82, 2.24) is 14.3 Å². The van der Waals surface area contributed by atoms with E-state index in [4.69, 9.17) is 10.5 Å². The Hall–Kier alpha value is -2.86. The van der Waals surface area contributed by atoms with Crippen molar-refractivity contribution in [3.05, 3.63) is 82.5 Å². The Morgan fingerprint density at radius 2 is 1.69 bits per heavy atom. The van der Waals surface area contributed by atoms with Crippen molar-refractivity contribution in [2.45, 2.75) is 32.5 Å². The lowest BCUT2D eigenvalue weighted by Crippen LogP contribution is -2.25. The fourth-order valence-electron chi connectivity index (χ4n) is 2.68. The smallest absolute Gasteiger partial charge is 0.346 e. The van der Waals surface area contributed by atoms with Crippen molar-refractivity contribution in [2.24, 2.45) is 5.73 Å². The number of ether oxygens (including phenoxy) is 1. The predicted molar refractivity (Wildman–Crippen MR) is 101 cm³/mol. The molecular formula is C20H24N4O2. The maximum Gasteiger partial charge on any atom is 0.346 e. The van der Waals surface area contributed by atoms with Crippen molar-refractivity contribution in [1.29, 1.82) is 0 Å². The SMILES string of the molecule is NCc1ccc(Cn2cnn(CCCCOc3ccccc3)c2=O)cc1. The predicted octanol–water partition coefficient (Wildman–Crippen LogP) is 2.41. The number of aromatic nitrogens is 3. The number of aryl methyl sites for hydroxylation is 1. The molecule has 26 heavy (non-hydrogen) atoms. The van der Waals surface area contributed by atoms with Gasteiger partial charge in [-0.25, -0.2) is 9.48 Å². The molecule has 2 N–H and O–H groups in total. The summed E-state index contributed by atoms with van der Waals surface area (Å²) in [7, 11) is 0. The van der Waals surface area contributed by atoms with Gasteiger partial charge in [0.1, 0.15) is 12.1 Å². The van der Waals surface area contributed by atoms with Crippen LogP contribution < -0.4 is 16.2 Å². The first-order chi connectivity index (χ1) is 12.8. The van der Waals surface area contributed by atoms with Crippen LogP contribution in [0.5, 0.6) is 5.75 Å². The lowest BCUT2D eigenvalue weighted by molar-refractivity contribution is 0.301. The van der Waals surface area contributed by atoms with E-state index in [2.05, 4.69) is 5.10 Å². The first-order valence-corrected chi connectivity index (χ1v) is 8.84. The number of rotatable bonds is 9. The quantitative estimate of drug-likeness (QED) is 0.600. The van der Waals surface area contributed by atoms with Gasteiger partial charge < -0.3 is 10.5 Å². The summed E-state index contributed by atoms with van der Waals surface area (Å²) >= 11 is 0. The average molecular weight is 352 g/mol. The monoisotopic (exact) mass is 352 g/mol. The van der Waals surface area contributed by atoms with Crippen LogP contribution >= 0.6 is 0 Å². The summed E-state index contributed by atoms with van der Waals surface area (Å²) in [5, 5.41) is 4.21. The molecule has 1 aromatic heterocycles. The van der Waals surface area contributed by atoms with Crippen LogP contribution in [-0.4, -0.2) is 21.0 Å². The summed E-state index contributed by atoms with van der Waals surface area (Å²) in [5.41, 5.74) is 7.65. The van der Waals surface area contributed by atoms with Gasteiger partial charge in [0.15, 0.2) is 0 Å². The average Bonchev–Trinajstić information content (AvgIpc) is 3.03. The molecular weight excluding hydrogens is 328 g/mol. The number of hydrogen-bond acceptors (Lipinski definition) is 4. The Kier molecular flexibility index (Phi) is 6.22. The van der Waals surface area contributed by atoms with Gasteiger partial charge in [0.2, 0.25) is 0 Å². The van der Waals surface area contributed by atoms with E-state index < -0.39 is 0 Å². The van der Waals surface area contributed by atoms with E-state index in [0.717, 1.165) is 29.7 Å². The molecule has 136 valence electrons. The van der Waals surface area contributed by atoms with E-state index in [1.54, 1.807) is 10.9 Å². The number of unbranched alkanes of at least 4 members (excludes halogenated alkanes) is 1. The van der Waals surface area contributed by atoms with Crippen LogP contribution in [-0.2, 0) is 19.6 Å². The van der Waals surface area contributed by atoms with Gasteiger partial charge in [-0.2, -0.15) is 5.10 Å². The molecule has 3 rings (SSSR count). The zero-order chi connectivity index (χ0) is 18.2. The van der Waals surface area contributed by atoms with Crippen LogP contribution in [0.15, 0.2) is 65.7 Å². The van der Waals surface area contributed by atoms with Gasteiger partial charge in [-0.15, -0.1) is 0 Å². The van der Waals surface area contributed by atoms with E-state index in [1.807, 2.05) is 54.6 Å². The summed E-state index contributed by atoms with van der Waals surface area (Å²) in [5.74, 6) is 0.870. The van der Waals surface area contributed by atoms with Crippen molar-refractivity contribution in [2.75, 3.05) is 6.61 Å². The highest BCUT2D eigenvalue weighted by Crippen LogP contribution is 2.09. The molecule has 0 radical (unpaired) electrons. The van der Waals surface area contributed by atoms with Gasteiger partial charge in [-0.1, -0.05) is 42.5 Å². The van der Waals surface area contributed by atoms with Crippen molar-refractivity contribution in [3.8, 4) is 5.75 Å². The third kappa shape index (κ3) is 4.83. The Labute approximate surface area is 152 Å². The van der Waals surface area contributed by atoms with E-state index >= 15 is 0 Å². The van der Waals surface area contributed by atoms with Crippen molar-refractivity contribution in [3.63, 3.8) is 0 Å².